The van der Waals surface area contributed by atoms with Gasteiger partial charge in [0.2, 0.25) is 0 Å². The number of aromatic nitrogens is 10. The van der Waals surface area contributed by atoms with Crippen molar-refractivity contribution in [3.63, 3.8) is 0 Å². The number of pyridine rings is 2. The number of para-hydroxylation sites is 4. The Morgan fingerprint density at radius 2 is 1.20 bits per heavy atom. The van der Waals surface area contributed by atoms with Gasteiger partial charge in [0.1, 0.15) is 5.69 Å². The zero-order valence-corrected chi connectivity index (χ0v) is 29.6. The predicted octanol–water partition coefficient (Wildman–Crippen LogP) is 10.1. The van der Waals surface area contributed by atoms with E-state index in [1.165, 1.54) is 0 Å². The predicted molar refractivity (Wildman–Crippen MR) is 220 cm³/mol. The van der Waals surface area contributed by atoms with Crippen LogP contribution >= 0.6 is 0 Å². The van der Waals surface area contributed by atoms with Gasteiger partial charge < -0.3 is 4.98 Å². The number of fused-ring (bicyclic) bond motifs is 4. The van der Waals surface area contributed by atoms with Crippen LogP contribution in [0.4, 0.5) is 0 Å². The lowest BCUT2D eigenvalue weighted by molar-refractivity contribution is 0.942. The number of nitrogens with zero attached hydrogens (tertiary/aromatic N) is 8. The summed E-state index contributed by atoms with van der Waals surface area (Å²) in [5.74, 6) is 0.489. The van der Waals surface area contributed by atoms with Crippen LogP contribution in [0.25, 0.3) is 111 Å². The van der Waals surface area contributed by atoms with E-state index >= 15 is 0 Å². The van der Waals surface area contributed by atoms with Crippen LogP contribution in [0.1, 0.15) is 0 Å². The summed E-state index contributed by atoms with van der Waals surface area (Å²) in [5, 5.41) is 15.9. The highest BCUT2D eigenvalue weighted by molar-refractivity contribution is 6.16. The molecule has 2 N–H and O–H groups in total. The van der Waals surface area contributed by atoms with E-state index in [9.17, 15) is 0 Å². The van der Waals surface area contributed by atoms with Crippen molar-refractivity contribution in [2.45, 2.75) is 0 Å². The van der Waals surface area contributed by atoms with Gasteiger partial charge in [0.15, 0.2) is 5.82 Å². The molecule has 0 aliphatic heterocycles. The van der Waals surface area contributed by atoms with Crippen molar-refractivity contribution in [3.8, 4) is 67.7 Å². The Morgan fingerprint density at radius 1 is 0.446 bits per heavy atom. The Hall–Kier alpha value is -7.98. The number of H-pyrrole nitrogens is 2. The molecule has 0 aliphatic rings. The lowest BCUT2D eigenvalue weighted by atomic mass is 9.79. The second-order valence-electron chi connectivity index (χ2n) is 13.5. The average molecular weight is 721 g/mol. The van der Waals surface area contributed by atoms with Gasteiger partial charge in [0, 0.05) is 79.3 Å². The van der Waals surface area contributed by atoms with Crippen molar-refractivity contribution in [1.29, 1.82) is 0 Å². The van der Waals surface area contributed by atoms with Gasteiger partial charge in [-0.25, -0.2) is 15.0 Å². The van der Waals surface area contributed by atoms with Crippen LogP contribution in [-0.4, -0.2) is 50.3 Å². The molecule has 11 aromatic rings. The fraction of sp³-hybridized carbons (Fsp3) is 0. The Kier molecular flexibility index (Phi) is 7.24. The second-order valence-corrected chi connectivity index (χ2v) is 13.5. The summed E-state index contributed by atoms with van der Waals surface area (Å²) in [4.78, 5) is 34.7. The molecule has 0 saturated carbocycles. The van der Waals surface area contributed by atoms with Gasteiger partial charge in [-0.3, -0.25) is 20.1 Å². The third kappa shape index (κ3) is 5.12. The maximum absolute atomic E-state index is 5.34. The topological polar surface area (TPSA) is 135 Å². The molecule has 5 aromatic carbocycles. The minimum atomic E-state index is 0.489. The molecule has 0 unspecified atom stereocenters. The van der Waals surface area contributed by atoms with E-state index in [1.807, 2.05) is 128 Å². The summed E-state index contributed by atoms with van der Waals surface area (Å²) in [6, 6.07) is 42.5. The molecule has 6 heterocycles. The van der Waals surface area contributed by atoms with Crippen LogP contribution < -0.4 is 0 Å². The number of hydrogen-bond acceptors (Lipinski definition) is 8. The standard InChI is InChI=1S/C46H28N10/c1-4-14-30-27(11-1)20-22-48-45(30)43-42(38-26-51-56-55-38)40(36-23-28-12-2-5-15-31(28)52-36)39(35-19-9-10-21-47-35)41(37-25-49-33-17-7-8-18-34(33)53-37)44(43)46-50-24-29-13-3-6-16-32(29)54-46/h1-26,52H,(H,51,55,56). The minimum absolute atomic E-state index is 0.489. The maximum Gasteiger partial charge on any atom is 0.161 e. The monoisotopic (exact) mass is 720 g/mol. The molecule has 262 valence electrons. The van der Waals surface area contributed by atoms with Crippen molar-refractivity contribution in [2.24, 2.45) is 0 Å². The molecule has 0 fully saturated rings. The first-order valence-electron chi connectivity index (χ1n) is 18.2. The first kappa shape index (κ1) is 31.5. The summed E-state index contributed by atoms with van der Waals surface area (Å²) in [6.07, 6.45) is 9.18. The van der Waals surface area contributed by atoms with Crippen LogP contribution in [0.2, 0.25) is 0 Å². The fourth-order valence-electron chi connectivity index (χ4n) is 7.78. The van der Waals surface area contributed by atoms with Gasteiger partial charge in [-0.1, -0.05) is 84.1 Å². The van der Waals surface area contributed by atoms with E-state index in [0.717, 1.165) is 88.5 Å². The lowest BCUT2D eigenvalue weighted by Crippen LogP contribution is -2.06. The summed E-state index contributed by atoms with van der Waals surface area (Å²) < 4.78 is 0. The smallest absolute Gasteiger partial charge is 0.161 e. The molecule has 11 rings (SSSR count). The first-order chi connectivity index (χ1) is 27.8. The SMILES string of the molecule is c1ccc(-c2c(-c3cnc4ccccc4n3)c(-c3ncc4ccccc4n3)c(-c3nccc4ccccc34)c(-c3c[nH]nn3)c2-c2cc3ccccc3[nH]2)nc1. The molecule has 0 bridgehead atoms. The maximum atomic E-state index is 5.34. The van der Waals surface area contributed by atoms with Crippen LogP contribution in [0, 0.1) is 0 Å². The Labute approximate surface area is 319 Å². The van der Waals surface area contributed by atoms with E-state index in [1.54, 1.807) is 0 Å². The van der Waals surface area contributed by atoms with Crippen LogP contribution in [-0.2, 0) is 0 Å². The van der Waals surface area contributed by atoms with Crippen molar-refractivity contribution >= 4 is 43.6 Å². The molecule has 0 atom stereocenters. The first-order valence-corrected chi connectivity index (χ1v) is 18.2. The number of nitrogens with one attached hydrogen (secondary N) is 2. The van der Waals surface area contributed by atoms with Gasteiger partial charge in [0.25, 0.3) is 0 Å². The van der Waals surface area contributed by atoms with Crippen LogP contribution in [0.15, 0.2) is 158 Å². The van der Waals surface area contributed by atoms with Crippen LogP contribution in [0.5, 0.6) is 0 Å². The lowest BCUT2D eigenvalue weighted by Gasteiger charge is -2.25. The molecule has 0 amide bonds. The van der Waals surface area contributed by atoms with E-state index in [-0.39, 0.29) is 0 Å². The highest BCUT2D eigenvalue weighted by Crippen LogP contribution is 2.55. The van der Waals surface area contributed by atoms with Crippen LogP contribution in [0.3, 0.4) is 0 Å². The fourth-order valence-corrected chi connectivity index (χ4v) is 7.78. The van der Waals surface area contributed by atoms with Gasteiger partial charge >= 0.3 is 0 Å². The van der Waals surface area contributed by atoms with Crippen molar-refractivity contribution in [1.82, 2.24) is 50.3 Å². The molecule has 0 aliphatic carbocycles. The molecular weight excluding hydrogens is 693 g/mol. The van der Waals surface area contributed by atoms with E-state index in [0.29, 0.717) is 22.8 Å². The molecule has 0 spiro atoms. The Morgan fingerprint density at radius 3 is 2.04 bits per heavy atom. The number of hydrogen-bond donors (Lipinski definition) is 2. The molecule has 10 nitrogen and oxygen atoms in total. The Bertz CT molecular complexity index is 3230. The quantitative estimate of drug-likeness (QED) is 0.173. The van der Waals surface area contributed by atoms with Crippen molar-refractivity contribution in [2.75, 3.05) is 0 Å². The molecule has 0 saturated heterocycles. The zero-order chi connectivity index (χ0) is 37.0. The number of rotatable bonds is 6. The highest BCUT2D eigenvalue weighted by Gasteiger charge is 2.34. The third-order valence-electron chi connectivity index (χ3n) is 10.2. The largest absolute Gasteiger partial charge is 0.354 e. The summed E-state index contributed by atoms with van der Waals surface area (Å²) >= 11 is 0. The Balaban J connectivity index is 1.44. The summed E-state index contributed by atoms with van der Waals surface area (Å²) in [5.41, 5.74) is 11.5. The zero-order valence-electron chi connectivity index (χ0n) is 29.6. The molecule has 6 aromatic heterocycles. The highest BCUT2D eigenvalue weighted by atomic mass is 15.3. The van der Waals surface area contributed by atoms with Crippen molar-refractivity contribution in [3.05, 3.63) is 158 Å². The van der Waals surface area contributed by atoms with Gasteiger partial charge in [-0.05, 0) is 53.9 Å². The number of benzene rings is 5. The van der Waals surface area contributed by atoms with E-state index in [4.69, 9.17) is 35.0 Å². The van der Waals surface area contributed by atoms with E-state index in [2.05, 4.69) is 45.6 Å². The molecule has 0 radical (unpaired) electrons. The molecule has 10 heteroatoms. The minimum Gasteiger partial charge on any atom is -0.354 e. The summed E-state index contributed by atoms with van der Waals surface area (Å²) in [7, 11) is 0. The van der Waals surface area contributed by atoms with Gasteiger partial charge in [-0.15, -0.1) is 5.10 Å². The molecule has 56 heavy (non-hydrogen) atoms. The third-order valence-corrected chi connectivity index (χ3v) is 10.2. The van der Waals surface area contributed by atoms with E-state index < -0.39 is 0 Å². The van der Waals surface area contributed by atoms with Crippen molar-refractivity contribution < 1.29 is 0 Å². The van der Waals surface area contributed by atoms with Gasteiger partial charge in [-0.2, -0.15) is 0 Å². The van der Waals surface area contributed by atoms with Gasteiger partial charge in [0.05, 0.1) is 46.0 Å². The normalized spacial score (nSPS) is 11.6. The second kappa shape index (κ2) is 12.9. The number of aromatic amines is 2. The average Bonchev–Trinajstić information content (AvgIpc) is 3.96. The summed E-state index contributed by atoms with van der Waals surface area (Å²) in [6.45, 7) is 0. The molecular formula is C46H28N10.